The molecular weight excluding hydrogens is 650 g/mol. The maximum atomic E-state index is 14.2. The highest BCUT2D eigenvalue weighted by Crippen LogP contribution is 2.45. The van der Waals surface area contributed by atoms with Crippen LogP contribution >= 0.6 is 15.9 Å². The summed E-state index contributed by atoms with van der Waals surface area (Å²) in [4.78, 5) is 32.1. The SMILES string of the molecule is CC(C)(C)OC(=O)CC[C@]1(C(=O)NNCCCCc2ccccc2)N=C(c2ccc(OCCCO)cc2)O[C@H]1c1ccccc1Br. The molecule has 0 spiro atoms. The lowest BCUT2D eigenvalue weighted by Crippen LogP contribution is -2.53. The summed E-state index contributed by atoms with van der Waals surface area (Å²) < 4.78 is 18.6. The molecule has 2 atom stereocenters. The van der Waals surface area contributed by atoms with Crippen molar-refractivity contribution in [2.75, 3.05) is 19.8 Å². The zero-order chi connectivity index (χ0) is 33.0. The molecule has 9 nitrogen and oxygen atoms in total. The standard InChI is InChI=1S/C36H44BrN3O6/c1-35(2,3)46-31(42)21-22-36(34(43)40-38-23-10-9-14-26-12-5-4-6-13-26)32(29-15-7-8-16-30(29)37)45-33(39-36)27-17-19-28(20-18-27)44-25-11-24-41/h4-8,12-13,15-20,32,38,41H,9-11,14,21-25H2,1-3H3,(H,40,43)/t32-,36-/m0/s1. The molecule has 3 aromatic rings. The molecule has 0 aromatic heterocycles. The molecule has 1 heterocycles. The van der Waals surface area contributed by atoms with Crippen LogP contribution in [0.1, 0.15) is 75.7 Å². The number of halogens is 1. The molecule has 4 rings (SSSR count). The predicted molar refractivity (Wildman–Crippen MR) is 181 cm³/mol. The second-order valence-corrected chi connectivity index (χ2v) is 13.1. The Kier molecular flexibility index (Phi) is 12.8. The molecule has 1 amide bonds. The molecule has 0 saturated carbocycles. The van der Waals surface area contributed by atoms with Crippen LogP contribution in [0.15, 0.2) is 88.3 Å². The van der Waals surface area contributed by atoms with Gasteiger partial charge in [0.05, 0.1) is 6.61 Å². The molecule has 46 heavy (non-hydrogen) atoms. The summed E-state index contributed by atoms with van der Waals surface area (Å²) in [5.74, 6) is 0.0969. The number of aliphatic hydroxyl groups is 1. The molecule has 0 aliphatic carbocycles. The van der Waals surface area contributed by atoms with Gasteiger partial charge in [0.2, 0.25) is 5.90 Å². The molecule has 3 aromatic carbocycles. The average molecular weight is 695 g/mol. The van der Waals surface area contributed by atoms with Crippen LogP contribution in [-0.2, 0) is 25.5 Å². The van der Waals surface area contributed by atoms with Crippen LogP contribution in [-0.4, -0.2) is 53.8 Å². The van der Waals surface area contributed by atoms with Gasteiger partial charge in [-0.05, 0) is 82.3 Å². The van der Waals surface area contributed by atoms with E-state index < -0.39 is 29.1 Å². The predicted octanol–water partition coefficient (Wildman–Crippen LogP) is 6.23. The van der Waals surface area contributed by atoms with Crippen molar-refractivity contribution in [3.05, 3.63) is 100 Å². The second kappa shape index (κ2) is 16.7. The van der Waals surface area contributed by atoms with Crippen molar-refractivity contribution < 1.29 is 28.9 Å². The van der Waals surface area contributed by atoms with E-state index in [0.717, 1.165) is 29.3 Å². The van der Waals surface area contributed by atoms with Crippen LogP contribution < -0.4 is 15.6 Å². The lowest BCUT2D eigenvalue weighted by atomic mass is 9.83. The van der Waals surface area contributed by atoms with E-state index in [4.69, 9.17) is 24.3 Å². The minimum absolute atomic E-state index is 0.0412. The monoisotopic (exact) mass is 693 g/mol. The number of nitrogens with zero attached hydrogens (tertiary/aromatic N) is 1. The van der Waals surface area contributed by atoms with E-state index in [1.54, 1.807) is 12.1 Å². The van der Waals surface area contributed by atoms with Gasteiger partial charge in [0.25, 0.3) is 5.91 Å². The highest BCUT2D eigenvalue weighted by atomic mass is 79.9. The van der Waals surface area contributed by atoms with Gasteiger partial charge in [-0.1, -0.05) is 64.5 Å². The van der Waals surface area contributed by atoms with Crippen LogP contribution in [0.3, 0.4) is 0 Å². The number of aliphatic hydroxyl groups excluding tert-OH is 1. The van der Waals surface area contributed by atoms with Crippen molar-refractivity contribution in [2.24, 2.45) is 4.99 Å². The Morgan fingerprint density at radius 3 is 2.39 bits per heavy atom. The molecule has 0 fully saturated rings. The number of aryl methyl sites for hydroxylation is 1. The van der Waals surface area contributed by atoms with Crippen molar-refractivity contribution >= 4 is 33.7 Å². The van der Waals surface area contributed by atoms with Gasteiger partial charge in [-0.2, -0.15) is 0 Å². The fourth-order valence-corrected chi connectivity index (χ4v) is 5.65. The second-order valence-electron chi connectivity index (χ2n) is 12.2. The molecular formula is C36H44BrN3O6. The van der Waals surface area contributed by atoms with Gasteiger partial charge in [0, 0.05) is 41.6 Å². The number of esters is 1. The molecule has 10 heteroatoms. The number of hydrazine groups is 1. The summed E-state index contributed by atoms with van der Waals surface area (Å²) in [5, 5.41) is 9.05. The molecule has 3 N–H and O–H groups in total. The van der Waals surface area contributed by atoms with E-state index in [-0.39, 0.29) is 25.3 Å². The highest BCUT2D eigenvalue weighted by molar-refractivity contribution is 9.10. The normalized spacial score (nSPS) is 17.6. The maximum absolute atomic E-state index is 14.2. The number of hydrogen-bond donors (Lipinski definition) is 3. The first kappa shape index (κ1) is 35.1. The van der Waals surface area contributed by atoms with Crippen molar-refractivity contribution in [1.29, 1.82) is 0 Å². The molecule has 0 radical (unpaired) electrons. The fraction of sp³-hybridized carbons (Fsp3) is 0.417. The number of carbonyl (C=O) groups is 2. The number of amides is 1. The van der Waals surface area contributed by atoms with Gasteiger partial charge >= 0.3 is 5.97 Å². The molecule has 0 unspecified atom stereocenters. The Morgan fingerprint density at radius 2 is 1.70 bits per heavy atom. The van der Waals surface area contributed by atoms with Crippen molar-refractivity contribution in [1.82, 2.24) is 10.9 Å². The Balaban J connectivity index is 1.58. The topological polar surface area (TPSA) is 118 Å². The fourth-order valence-electron chi connectivity index (χ4n) is 5.16. The zero-order valence-corrected chi connectivity index (χ0v) is 28.3. The first-order valence-electron chi connectivity index (χ1n) is 15.8. The highest BCUT2D eigenvalue weighted by Gasteiger charge is 2.54. The first-order valence-corrected chi connectivity index (χ1v) is 16.5. The van der Waals surface area contributed by atoms with Gasteiger partial charge in [-0.15, -0.1) is 0 Å². The van der Waals surface area contributed by atoms with Gasteiger partial charge in [0.15, 0.2) is 11.6 Å². The third kappa shape index (κ3) is 9.88. The summed E-state index contributed by atoms with van der Waals surface area (Å²) in [5.41, 5.74) is 6.48. The van der Waals surface area contributed by atoms with Crippen LogP contribution in [0, 0.1) is 0 Å². The average Bonchev–Trinajstić information content (AvgIpc) is 3.42. The van der Waals surface area contributed by atoms with E-state index in [1.807, 2.05) is 75.4 Å². The molecule has 1 aliphatic heterocycles. The summed E-state index contributed by atoms with van der Waals surface area (Å²) in [6.45, 7) is 6.44. The zero-order valence-electron chi connectivity index (χ0n) is 26.8. The van der Waals surface area contributed by atoms with Gasteiger partial charge < -0.3 is 19.3 Å². The van der Waals surface area contributed by atoms with Crippen molar-refractivity contribution in [2.45, 2.75) is 76.5 Å². The van der Waals surface area contributed by atoms with Crippen molar-refractivity contribution in [3.63, 3.8) is 0 Å². The molecule has 246 valence electrons. The Morgan fingerprint density at radius 1 is 0.978 bits per heavy atom. The van der Waals surface area contributed by atoms with Crippen LogP contribution in [0.25, 0.3) is 0 Å². The number of hydrogen-bond acceptors (Lipinski definition) is 8. The van der Waals surface area contributed by atoms with Crippen LogP contribution in [0.4, 0.5) is 0 Å². The number of aliphatic imine (C=N–C) groups is 1. The Labute approximate surface area is 279 Å². The van der Waals surface area contributed by atoms with Gasteiger partial charge in [0.1, 0.15) is 11.4 Å². The Bertz CT molecular complexity index is 1460. The molecule has 0 saturated heterocycles. The minimum atomic E-state index is -1.48. The third-order valence-electron chi connectivity index (χ3n) is 7.41. The summed E-state index contributed by atoms with van der Waals surface area (Å²) in [7, 11) is 0. The van der Waals surface area contributed by atoms with Gasteiger partial charge in [-0.25, -0.2) is 10.4 Å². The van der Waals surface area contributed by atoms with Crippen LogP contribution in [0.5, 0.6) is 5.75 Å². The Hall–Kier alpha value is -3.73. The lowest BCUT2D eigenvalue weighted by Gasteiger charge is -2.31. The summed E-state index contributed by atoms with van der Waals surface area (Å²) in [6.07, 6.45) is 2.48. The first-order chi connectivity index (χ1) is 22.1. The molecule has 1 aliphatic rings. The quantitative estimate of drug-likeness (QED) is 0.0925. The summed E-state index contributed by atoms with van der Waals surface area (Å²) >= 11 is 3.64. The number of benzene rings is 3. The smallest absolute Gasteiger partial charge is 0.306 e. The largest absolute Gasteiger partial charge is 0.494 e. The van der Waals surface area contributed by atoms with E-state index in [0.29, 0.717) is 30.9 Å². The van der Waals surface area contributed by atoms with E-state index in [2.05, 4.69) is 38.9 Å². The van der Waals surface area contributed by atoms with E-state index in [1.165, 1.54) is 5.56 Å². The number of rotatable bonds is 16. The minimum Gasteiger partial charge on any atom is -0.494 e. The number of unbranched alkanes of at least 4 members (excludes halogenated alkanes) is 1. The number of nitrogens with one attached hydrogen (secondary N) is 2. The number of ether oxygens (including phenoxy) is 3. The van der Waals surface area contributed by atoms with Crippen LogP contribution in [0.2, 0.25) is 0 Å². The lowest BCUT2D eigenvalue weighted by molar-refractivity contribution is -0.155. The maximum Gasteiger partial charge on any atom is 0.306 e. The van der Waals surface area contributed by atoms with Crippen molar-refractivity contribution in [3.8, 4) is 5.75 Å². The van der Waals surface area contributed by atoms with E-state index >= 15 is 0 Å². The number of carbonyl (C=O) groups excluding carboxylic acids is 2. The van der Waals surface area contributed by atoms with E-state index in [9.17, 15) is 9.59 Å². The van der Waals surface area contributed by atoms with Gasteiger partial charge in [-0.3, -0.25) is 15.0 Å². The third-order valence-corrected chi connectivity index (χ3v) is 8.13. The summed E-state index contributed by atoms with van der Waals surface area (Å²) in [6, 6.07) is 25.1. The molecule has 0 bridgehead atoms.